The number of nitrogens with zero attached hydrogens (tertiary/aromatic N) is 1. The van der Waals surface area contributed by atoms with Crippen molar-refractivity contribution >= 4 is 34.7 Å². The van der Waals surface area contributed by atoms with Gasteiger partial charge in [0.15, 0.2) is 0 Å². The van der Waals surface area contributed by atoms with E-state index >= 15 is 0 Å². The first-order chi connectivity index (χ1) is 11.4. The molecule has 3 aromatic rings. The van der Waals surface area contributed by atoms with Gasteiger partial charge in [0.05, 0.1) is 10.5 Å². The highest BCUT2D eigenvalue weighted by Crippen LogP contribution is 2.34. The molecule has 0 atom stereocenters. The van der Waals surface area contributed by atoms with Gasteiger partial charge in [-0.05, 0) is 43.7 Å². The largest absolute Gasteiger partial charge is 0.506 e. The van der Waals surface area contributed by atoms with Crippen LogP contribution in [0, 0.1) is 13.8 Å². The van der Waals surface area contributed by atoms with Gasteiger partial charge >= 0.3 is 0 Å². The third-order valence-electron chi connectivity index (χ3n) is 4.15. The fourth-order valence-corrected chi connectivity index (χ4v) is 3.03. The van der Waals surface area contributed by atoms with Crippen molar-refractivity contribution in [2.24, 2.45) is 0 Å². The Hall–Kier alpha value is -2.59. The smallest absolute Gasteiger partial charge is 0.262 e. The fourth-order valence-electron chi connectivity index (χ4n) is 2.87. The summed E-state index contributed by atoms with van der Waals surface area (Å²) in [5.74, 6) is -0.298. The summed E-state index contributed by atoms with van der Waals surface area (Å²) in [4.78, 5) is 23.9. The zero-order valence-electron chi connectivity index (χ0n) is 13.3. The summed E-state index contributed by atoms with van der Waals surface area (Å²) in [6, 6.07) is 10.3. The van der Waals surface area contributed by atoms with E-state index in [4.69, 9.17) is 11.6 Å². The number of halogens is 1. The first-order valence-corrected chi connectivity index (χ1v) is 7.80. The molecule has 5 heteroatoms. The number of aromatic nitrogens is 1. The Morgan fingerprint density at radius 2 is 1.88 bits per heavy atom. The molecule has 121 valence electrons. The minimum absolute atomic E-state index is 0.0393. The van der Waals surface area contributed by atoms with E-state index in [1.54, 1.807) is 25.1 Å². The number of phenols is 1. The maximum atomic E-state index is 13.0. The summed E-state index contributed by atoms with van der Waals surface area (Å²) in [6.45, 7) is 3.72. The first-order valence-electron chi connectivity index (χ1n) is 7.42. The molecule has 1 aromatic heterocycles. The van der Waals surface area contributed by atoms with Gasteiger partial charge in [0.25, 0.3) is 5.91 Å². The Morgan fingerprint density at radius 3 is 2.50 bits per heavy atom. The Morgan fingerprint density at radius 1 is 1.21 bits per heavy atom. The number of carbonyl (C=O) groups excluding carboxylic acids is 2. The molecule has 0 aliphatic carbocycles. The van der Waals surface area contributed by atoms with Crippen LogP contribution in [0.4, 0.5) is 0 Å². The lowest BCUT2D eigenvalue weighted by molar-refractivity contribution is 0.0963. The lowest BCUT2D eigenvalue weighted by Crippen LogP contribution is -2.13. The summed E-state index contributed by atoms with van der Waals surface area (Å²) >= 11 is 6.02. The third-order valence-corrected chi connectivity index (χ3v) is 4.46. The molecule has 0 aliphatic rings. The molecule has 0 amide bonds. The number of carbonyl (C=O) groups is 1. The highest BCUT2D eigenvalue weighted by molar-refractivity contribution is 6.33. The maximum absolute atomic E-state index is 13.0. The minimum atomic E-state index is -0.212. The van der Waals surface area contributed by atoms with Gasteiger partial charge in [0.2, 0.25) is 6.29 Å². The van der Waals surface area contributed by atoms with E-state index in [9.17, 15) is 14.7 Å². The number of phenolic OH excluding ortho intramolecular Hbond substituents is 1. The highest BCUT2D eigenvalue weighted by atomic mass is 35.5. The zero-order valence-corrected chi connectivity index (χ0v) is 14.0. The Kier molecular flexibility index (Phi) is 4.16. The molecule has 2 aromatic carbocycles. The van der Waals surface area contributed by atoms with Crippen molar-refractivity contribution in [1.82, 2.24) is 4.57 Å². The normalized spacial score (nSPS) is 11.0. The number of fused-ring (bicyclic) bond motifs is 1. The summed E-state index contributed by atoms with van der Waals surface area (Å²) < 4.78 is 1.53. The van der Waals surface area contributed by atoms with Crippen molar-refractivity contribution in [3.8, 4) is 5.75 Å². The fraction of sp³-hybridized carbons (Fsp3) is 0.158. The zero-order chi connectivity index (χ0) is 17.4. The first kappa shape index (κ1) is 16.3. The second kappa shape index (κ2) is 6.13. The van der Waals surface area contributed by atoms with Crippen molar-refractivity contribution in [2.75, 3.05) is 0 Å². The molecule has 24 heavy (non-hydrogen) atoms. The molecule has 0 saturated heterocycles. The molecule has 0 unspecified atom stereocenters. The second-order valence-electron chi connectivity index (χ2n) is 5.71. The molecule has 1 radical (unpaired) electrons. The lowest BCUT2D eigenvalue weighted by Gasteiger charge is -2.08. The van der Waals surface area contributed by atoms with Crippen LogP contribution in [-0.2, 0) is 11.2 Å². The standard InChI is InChI=1S/C19H15ClNO3/c1-11-3-5-13(6-4-11)19(24)21-12(2)14(7-8-22)15-9-18(23)16(20)10-17(15)21/h3-6,9-10,23H,7H2,1-2H3. The van der Waals surface area contributed by atoms with Gasteiger partial charge in [-0.15, -0.1) is 0 Å². The summed E-state index contributed by atoms with van der Waals surface area (Å²) in [5, 5.41) is 10.6. The van der Waals surface area contributed by atoms with Gasteiger partial charge in [0, 0.05) is 23.1 Å². The van der Waals surface area contributed by atoms with Crippen LogP contribution in [0.5, 0.6) is 5.75 Å². The molecule has 0 aliphatic heterocycles. The SMILES string of the molecule is Cc1ccc(C(=O)n2c(C)c(C[C]=O)c3cc(O)c(Cl)cc32)cc1. The van der Waals surface area contributed by atoms with Crippen LogP contribution >= 0.6 is 11.6 Å². The van der Waals surface area contributed by atoms with Gasteiger partial charge in [-0.1, -0.05) is 29.3 Å². The molecule has 0 saturated carbocycles. The molecular formula is C19H15ClNO3. The van der Waals surface area contributed by atoms with Crippen molar-refractivity contribution in [3.05, 3.63) is 63.8 Å². The Balaban J connectivity index is 2.28. The molecule has 1 N–H and O–H groups in total. The van der Waals surface area contributed by atoms with Gasteiger partial charge in [0.1, 0.15) is 5.75 Å². The highest BCUT2D eigenvalue weighted by Gasteiger charge is 2.21. The molecule has 0 fully saturated rings. The van der Waals surface area contributed by atoms with E-state index in [0.29, 0.717) is 27.7 Å². The van der Waals surface area contributed by atoms with Crippen LogP contribution in [-0.4, -0.2) is 21.9 Å². The van der Waals surface area contributed by atoms with E-state index < -0.39 is 0 Å². The van der Waals surface area contributed by atoms with Gasteiger partial charge in [-0.25, -0.2) is 0 Å². The topological polar surface area (TPSA) is 59.3 Å². The molecule has 4 nitrogen and oxygen atoms in total. The maximum Gasteiger partial charge on any atom is 0.262 e. The van der Waals surface area contributed by atoms with Crippen molar-refractivity contribution in [3.63, 3.8) is 0 Å². The van der Waals surface area contributed by atoms with Crippen LogP contribution in [0.15, 0.2) is 36.4 Å². The van der Waals surface area contributed by atoms with Gasteiger partial charge in [-0.3, -0.25) is 14.2 Å². The Bertz CT molecular complexity index is 955. The monoisotopic (exact) mass is 340 g/mol. The van der Waals surface area contributed by atoms with E-state index in [1.807, 2.05) is 25.3 Å². The van der Waals surface area contributed by atoms with E-state index in [1.165, 1.54) is 10.6 Å². The average molecular weight is 341 g/mol. The average Bonchev–Trinajstić information content (AvgIpc) is 2.80. The van der Waals surface area contributed by atoms with Crippen molar-refractivity contribution in [1.29, 1.82) is 0 Å². The molecule has 0 spiro atoms. The molecule has 3 rings (SSSR count). The van der Waals surface area contributed by atoms with Gasteiger partial charge in [-0.2, -0.15) is 0 Å². The number of aryl methyl sites for hydroxylation is 1. The van der Waals surface area contributed by atoms with Crippen LogP contribution < -0.4 is 0 Å². The predicted molar refractivity (Wildman–Crippen MR) is 93.7 cm³/mol. The van der Waals surface area contributed by atoms with E-state index in [-0.39, 0.29) is 23.1 Å². The van der Waals surface area contributed by atoms with Crippen LogP contribution in [0.1, 0.15) is 27.2 Å². The number of benzene rings is 2. The molecule has 0 bridgehead atoms. The molecule has 1 heterocycles. The van der Waals surface area contributed by atoms with E-state index in [2.05, 4.69) is 0 Å². The third kappa shape index (κ3) is 2.59. The molecular weight excluding hydrogens is 326 g/mol. The second-order valence-corrected chi connectivity index (χ2v) is 6.12. The Labute approximate surface area is 144 Å². The van der Waals surface area contributed by atoms with Crippen LogP contribution in [0.25, 0.3) is 10.9 Å². The summed E-state index contributed by atoms with van der Waals surface area (Å²) in [5.41, 5.74) is 3.45. The number of hydrogen-bond donors (Lipinski definition) is 1. The quantitative estimate of drug-likeness (QED) is 0.785. The van der Waals surface area contributed by atoms with Crippen molar-refractivity contribution < 1.29 is 14.7 Å². The number of hydrogen-bond acceptors (Lipinski definition) is 3. The summed E-state index contributed by atoms with van der Waals surface area (Å²) in [6.07, 6.45) is 1.90. The lowest BCUT2D eigenvalue weighted by atomic mass is 10.1. The summed E-state index contributed by atoms with van der Waals surface area (Å²) in [7, 11) is 0. The van der Waals surface area contributed by atoms with Crippen LogP contribution in [0.2, 0.25) is 5.02 Å². The number of rotatable bonds is 3. The van der Waals surface area contributed by atoms with Gasteiger partial charge < -0.3 is 5.11 Å². The number of aromatic hydroxyl groups is 1. The minimum Gasteiger partial charge on any atom is -0.506 e. The van der Waals surface area contributed by atoms with Crippen LogP contribution in [0.3, 0.4) is 0 Å². The predicted octanol–water partition coefficient (Wildman–Crippen LogP) is 3.96. The van der Waals surface area contributed by atoms with E-state index in [0.717, 1.165) is 5.56 Å². The van der Waals surface area contributed by atoms with Crippen molar-refractivity contribution in [2.45, 2.75) is 20.3 Å².